The minimum atomic E-state index is -5.82. The van der Waals surface area contributed by atoms with E-state index in [-0.39, 0.29) is 24.7 Å². The van der Waals surface area contributed by atoms with Gasteiger partial charge in [-0.3, -0.25) is 9.59 Å². The molecule has 0 aliphatic heterocycles. The molecule has 0 radical (unpaired) electrons. The van der Waals surface area contributed by atoms with Gasteiger partial charge in [-0.05, 0) is 31.6 Å². The maximum atomic E-state index is 13.0. The molecule has 9 heteroatoms. The van der Waals surface area contributed by atoms with Gasteiger partial charge in [0.15, 0.2) is 6.61 Å². The van der Waals surface area contributed by atoms with Crippen LogP contribution in [0.1, 0.15) is 73.6 Å². The summed E-state index contributed by atoms with van der Waals surface area (Å²) in [6.07, 6.45) is -4.09. The zero-order valence-electron chi connectivity index (χ0n) is 17.3. The molecule has 0 saturated heterocycles. The van der Waals surface area contributed by atoms with Crippen molar-refractivity contribution in [2.75, 3.05) is 6.61 Å². The molecule has 2 unspecified atom stereocenters. The first-order valence-electron chi connectivity index (χ1n) is 9.38. The molecule has 0 saturated carbocycles. The van der Waals surface area contributed by atoms with E-state index in [1.165, 1.54) is 13.8 Å². The normalized spacial score (nSPS) is 16.2. The number of rotatable bonds is 11. The van der Waals surface area contributed by atoms with Gasteiger partial charge < -0.3 is 9.47 Å². The van der Waals surface area contributed by atoms with Gasteiger partial charge in [0.25, 0.3) is 0 Å². The Kier molecular flexibility index (Phi) is 9.38. The van der Waals surface area contributed by atoms with Crippen molar-refractivity contribution in [1.82, 2.24) is 0 Å². The third kappa shape index (κ3) is 7.54. The molecule has 0 amide bonds. The number of alkyl halides is 5. The lowest BCUT2D eigenvalue weighted by Gasteiger charge is -2.35. The number of halogens is 5. The van der Waals surface area contributed by atoms with Crippen molar-refractivity contribution < 1.29 is 41.0 Å². The van der Waals surface area contributed by atoms with E-state index in [9.17, 15) is 31.5 Å². The minimum Gasteiger partial charge on any atom is -0.459 e. The van der Waals surface area contributed by atoms with Crippen molar-refractivity contribution in [3.8, 4) is 0 Å². The van der Waals surface area contributed by atoms with Gasteiger partial charge in [-0.15, -0.1) is 0 Å². The van der Waals surface area contributed by atoms with Crippen molar-refractivity contribution in [3.05, 3.63) is 0 Å². The summed E-state index contributed by atoms with van der Waals surface area (Å²) in [7, 11) is 0. The average Bonchev–Trinajstić information content (AvgIpc) is 2.58. The van der Waals surface area contributed by atoms with E-state index in [0.29, 0.717) is 6.42 Å². The third-order valence-corrected chi connectivity index (χ3v) is 5.25. The van der Waals surface area contributed by atoms with Gasteiger partial charge in [0.1, 0.15) is 5.60 Å². The molecule has 0 N–H and O–H groups in total. The van der Waals surface area contributed by atoms with Crippen LogP contribution in [-0.2, 0) is 19.1 Å². The summed E-state index contributed by atoms with van der Waals surface area (Å²) in [6.45, 7) is 8.48. The summed E-state index contributed by atoms with van der Waals surface area (Å²) in [5.74, 6) is -8.12. The van der Waals surface area contributed by atoms with Gasteiger partial charge in [-0.1, -0.05) is 41.0 Å². The molecular weight excluding hydrogens is 387 g/mol. The number of hydrogen-bond donors (Lipinski definition) is 0. The Morgan fingerprint density at radius 3 is 1.86 bits per heavy atom. The highest BCUT2D eigenvalue weighted by atomic mass is 19.4. The van der Waals surface area contributed by atoms with E-state index >= 15 is 0 Å². The zero-order chi connectivity index (χ0) is 22.4. The van der Waals surface area contributed by atoms with Crippen LogP contribution in [-0.4, -0.2) is 36.2 Å². The Balaban J connectivity index is 5.12. The molecule has 166 valence electrons. The Bertz CT molecular complexity index is 531. The van der Waals surface area contributed by atoms with Gasteiger partial charge in [-0.25, -0.2) is 0 Å². The second kappa shape index (κ2) is 9.87. The molecule has 0 heterocycles. The Labute approximate surface area is 163 Å². The predicted molar refractivity (Wildman–Crippen MR) is 93.8 cm³/mol. The van der Waals surface area contributed by atoms with Crippen molar-refractivity contribution in [1.29, 1.82) is 0 Å². The summed E-state index contributed by atoms with van der Waals surface area (Å²) in [6, 6.07) is 0. The van der Waals surface area contributed by atoms with Crippen LogP contribution in [0.25, 0.3) is 0 Å². The van der Waals surface area contributed by atoms with Crippen molar-refractivity contribution in [3.63, 3.8) is 0 Å². The number of carbonyl (C=O) groups excluding carboxylic acids is 2. The molecule has 2 atom stereocenters. The van der Waals surface area contributed by atoms with Crippen molar-refractivity contribution >= 4 is 11.9 Å². The monoisotopic (exact) mass is 418 g/mol. The first-order chi connectivity index (χ1) is 12.5. The Morgan fingerprint density at radius 2 is 1.46 bits per heavy atom. The largest absolute Gasteiger partial charge is 0.459 e. The third-order valence-electron chi connectivity index (χ3n) is 5.25. The van der Waals surface area contributed by atoms with Crippen LogP contribution in [0.15, 0.2) is 0 Å². The highest BCUT2D eigenvalue weighted by molar-refractivity contribution is 5.75. The molecule has 0 aliphatic carbocycles. The fraction of sp³-hybridized carbons (Fsp3) is 0.895. The summed E-state index contributed by atoms with van der Waals surface area (Å²) < 4.78 is 72.4. The molecule has 0 aromatic carbocycles. The van der Waals surface area contributed by atoms with Gasteiger partial charge in [0.2, 0.25) is 0 Å². The lowest BCUT2D eigenvalue weighted by molar-refractivity contribution is -0.294. The molecule has 0 aliphatic rings. The van der Waals surface area contributed by atoms with Crippen LogP contribution >= 0.6 is 0 Å². The van der Waals surface area contributed by atoms with Crippen LogP contribution < -0.4 is 0 Å². The molecule has 4 nitrogen and oxygen atoms in total. The fourth-order valence-corrected chi connectivity index (χ4v) is 2.51. The molecule has 0 bridgehead atoms. The molecule has 0 spiro atoms. The Hall–Kier alpha value is -1.41. The molecular formula is C19H31F5O4. The van der Waals surface area contributed by atoms with E-state index in [1.54, 1.807) is 6.92 Å². The average molecular weight is 418 g/mol. The minimum absolute atomic E-state index is 0.0501. The van der Waals surface area contributed by atoms with Crippen molar-refractivity contribution in [2.24, 2.45) is 11.3 Å². The van der Waals surface area contributed by atoms with Gasteiger partial charge in [0.05, 0.1) is 5.92 Å². The number of ether oxygens (including phenoxy) is 2. The standard InChI is InChI=1S/C19H31F5O4/c1-7-13(15(26)27-12-18(20,21)19(22,23)24)17(6,9-3)28-14(25)10-11-16(4,5)8-2/h13H,7-12H2,1-6H3. The van der Waals surface area contributed by atoms with E-state index < -0.39 is 42.2 Å². The Morgan fingerprint density at radius 1 is 0.929 bits per heavy atom. The van der Waals surface area contributed by atoms with E-state index in [4.69, 9.17) is 4.74 Å². The molecule has 0 aromatic rings. The second-order valence-electron chi connectivity index (χ2n) is 7.93. The smallest absolute Gasteiger partial charge is 0.456 e. The van der Waals surface area contributed by atoms with E-state index in [0.717, 1.165) is 6.42 Å². The van der Waals surface area contributed by atoms with E-state index in [2.05, 4.69) is 4.74 Å². The lowest BCUT2D eigenvalue weighted by Crippen LogP contribution is -2.46. The maximum absolute atomic E-state index is 13.0. The van der Waals surface area contributed by atoms with Crippen LogP contribution in [0.3, 0.4) is 0 Å². The van der Waals surface area contributed by atoms with Crippen LogP contribution in [0, 0.1) is 11.3 Å². The fourth-order valence-electron chi connectivity index (χ4n) is 2.51. The SMILES string of the molecule is CCC(C(=O)OCC(F)(F)C(F)(F)F)C(C)(CC)OC(=O)CCC(C)(C)CC. The predicted octanol–water partition coefficient (Wildman–Crippen LogP) is 5.68. The zero-order valence-corrected chi connectivity index (χ0v) is 17.3. The summed E-state index contributed by atoms with van der Waals surface area (Å²) in [5, 5.41) is 0. The number of hydrogen-bond acceptors (Lipinski definition) is 4. The molecule has 0 rings (SSSR count). The van der Waals surface area contributed by atoms with Gasteiger partial charge in [0, 0.05) is 6.42 Å². The molecule has 0 fully saturated rings. The van der Waals surface area contributed by atoms with Crippen LogP contribution in [0.4, 0.5) is 22.0 Å². The highest BCUT2D eigenvalue weighted by Crippen LogP contribution is 2.37. The van der Waals surface area contributed by atoms with Crippen molar-refractivity contribution in [2.45, 2.75) is 91.3 Å². The molecule has 0 aromatic heterocycles. The summed E-state index contributed by atoms with van der Waals surface area (Å²) >= 11 is 0. The van der Waals surface area contributed by atoms with Gasteiger partial charge >= 0.3 is 24.0 Å². The molecule has 28 heavy (non-hydrogen) atoms. The van der Waals surface area contributed by atoms with Crippen LogP contribution in [0.5, 0.6) is 0 Å². The summed E-state index contributed by atoms with van der Waals surface area (Å²) in [5.41, 5.74) is -1.44. The number of carbonyl (C=O) groups is 2. The number of esters is 2. The highest BCUT2D eigenvalue weighted by Gasteiger charge is 2.58. The summed E-state index contributed by atoms with van der Waals surface area (Å²) in [4.78, 5) is 24.4. The lowest BCUT2D eigenvalue weighted by atomic mass is 9.83. The topological polar surface area (TPSA) is 52.6 Å². The van der Waals surface area contributed by atoms with Crippen LogP contribution in [0.2, 0.25) is 0 Å². The van der Waals surface area contributed by atoms with Gasteiger partial charge in [-0.2, -0.15) is 22.0 Å². The second-order valence-corrected chi connectivity index (χ2v) is 7.93. The maximum Gasteiger partial charge on any atom is 0.456 e. The van der Waals surface area contributed by atoms with E-state index in [1.807, 2.05) is 20.8 Å². The first-order valence-corrected chi connectivity index (χ1v) is 9.38. The quantitative estimate of drug-likeness (QED) is 0.320. The first kappa shape index (κ1) is 26.6.